The SMILES string of the molecule is CCN1CC[C@H]2[C@H](C)c3oncc3C[C@]2(C)C1=O. The van der Waals surface area contributed by atoms with E-state index in [0.717, 1.165) is 37.3 Å². The molecule has 1 aromatic rings. The van der Waals surface area contributed by atoms with Gasteiger partial charge >= 0.3 is 0 Å². The highest BCUT2D eigenvalue weighted by molar-refractivity contribution is 5.84. The van der Waals surface area contributed by atoms with Crippen LogP contribution in [0.25, 0.3) is 0 Å². The summed E-state index contributed by atoms with van der Waals surface area (Å²) in [6.45, 7) is 8.03. The van der Waals surface area contributed by atoms with Crippen LogP contribution in [-0.4, -0.2) is 29.1 Å². The Bertz CT molecular complexity index is 482. The predicted molar refractivity (Wildman–Crippen MR) is 67.1 cm³/mol. The zero-order chi connectivity index (χ0) is 12.9. The number of hydrogen-bond acceptors (Lipinski definition) is 3. The van der Waals surface area contributed by atoms with Gasteiger partial charge in [0.25, 0.3) is 0 Å². The lowest BCUT2D eigenvalue weighted by Gasteiger charge is -2.49. The van der Waals surface area contributed by atoms with Crippen molar-refractivity contribution < 1.29 is 9.32 Å². The summed E-state index contributed by atoms with van der Waals surface area (Å²) in [7, 11) is 0. The van der Waals surface area contributed by atoms with Crippen molar-refractivity contribution in [1.29, 1.82) is 0 Å². The molecule has 98 valence electrons. The predicted octanol–water partition coefficient (Wildman–Crippen LogP) is 2.21. The summed E-state index contributed by atoms with van der Waals surface area (Å²) in [5.41, 5.74) is 0.847. The molecule has 0 aromatic carbocycles. The van der Waals surface area contributed by atoms with Crippen LogP contribution >= 0.6 is 0 Å². The molecule has 1 amide bonds. The molecule has 1 saturated heterocycles. The normalized spacial score (nSPS) is 35.3. The Balaban J connectivity index is 2.03. The van der Waals surface area contributed by atoms with Crippen LogP contribution in [-0.2, 0) is 11.2 Å². The first-order valence-electron chi connectivity index (χ1n) is 6.80. The Kier molecular flexibility index (Phi) is 2.50. The van der Waals surface area contributed by atoms with Crippen LogP contribution in [0.1, 0.15) is 44.4 Å². The standard InChI is InChI=1S/C14H20N2O2/c1-4-16-6-5-11-9(2)12-10(8-15-18-12)7-14(11,3)13(16)17/h8-9,11H,4-7H2,1-3H3/t9-,11-,14-/m0/s1. The molecule has 4 heteroatoms. The molecule has 0 spiro atoms. The molecule has 1 fully saturated rings. The molecule has 3 atom stereocenters. The summed E-state index contributed by atoms with van der Waals surface area (Å²) in [6, 6.07) is 0. The number of nitrogens with zero attached hydrogens (tertiary/aromatic N) is 2. The first kappa shape index (κ1) is 11.8. The van der Waals surface area contributed by atoms with Crippen molar-refractivity contribution in [1.82, 2.24) is 10.1 Å². The minimum absolute atomic E-state index is 0.272. The summed E-state index contributed by atoms with van der Waals surface area (Å²) in [6.07, 6.45) is 3.62. The van der Waals surface area contributed by atoms with Crippen LogP contribution in [0.15, 0.2) is 10.7 Å². The summed E-state index contributed by atoms with van der Waals surface area (Å²) in [4.78, 5) is 14.7. The molecule has 1 aliphatic heterocycles. The molecule has 2 aliphatic rings. The molecule has 0 unspecified atom stereocenters. The van der Waals surface area contributed by atoms with Crippen molar-refractivity contribution in [3.8, 4) is 0 Å². The molecular formula is C14H20N2O2. The van der Waals surface area contributed by atoms with Gasteiger partial charge in [-0.05, 0) is 25.7 Å². The Morgan fingerprint density at radius 3 is 3.11 bits per heavy atom. The second-order valence-electron chi connectivity index (χ2n) is 5.88. The Hall–Kier alpha value is -1.32. The number of carbonyl (C=O) groups excluding carboxylic acids is 1. The van der Waals surface area contributed by atoms with Crippen LogP contribution in [0.5, 0.6) is 0 Å². The summed E-state index contributed by atoms with van der Waals surface area (Å²) in [5, 5.41) is 3.91. The molecule has 3 rings (SSSR count). The molecule has 4 nitrogen and oxygen atoms in total. The molecule has 2 heterocycles. The van der Waals surface area contributed by atoms with Crippen molar-refractivity contribution in [3.05, 3.63) is 17.5 Å². The third-order valence-electron chi connectivity index (χ3n) is 4.94. The molecule has 0 radical (unpaired) electrons. The van der Waals surface area contributed by atoms with E-state index in [1.54, 1.807) is 6.20 Å². The summed E-state index contributed by atoms with van der Waals surface area (Å²) >= 11 is 0. The molecule has 0 N–H and O–H groups in total. The fraction of sp³-hybridized carbons (Fsp3) is 0.714. The van der Waals surface area contributed by atoms with E-state index in [1.165, 1.54) is 0 Å². The van der Waals surface area contributed by atoms with E-state index in [1.807, 2.05) is 4.90 Å². The van der Waals surface area contributed by atoms with Gasteiger partial charge in [0, 0.05) is 24.6 Å². The van der Waals surface area contributed by atoms with Gasteiger partial charge in [0.1, 0.15) is 5.76 Å². The van der Waals surface area contributed by atoms with E-state index in [2.05, 4.69) is 25.9 Å². The lowest BCUT2D eigenvalue weighted by Crippen LogP contribution is -2.55. The maximum atomic E-state index is 12.7. The van der Waals surface area contributed by atoms with E-state index in [4.69, 9.17) is 4.52 Å². The first-order chi connectivity index (χ1) is 8.58. The summed E-state index contributed by atoms with van der Waals surface area (Å²) < 4.78 is 5.38. The Morgan fingerprint density at radius 1 is 1.61 bits per heavy atom. The van der Waals surface area contributed by atoms with Gasteiger partial charge in [-0.15, -0.1) is 0 Å². The van der Waals surface area contributed by atoms with Gasteiger partial charge in [0.2, 0.25) is 5.91 Å². The molecule has 1 aliphatic carbocycles. The van der Waals surface area contributed by atoms with E-state index >= 15 is 0 Å². The topological polar surface area (TPSA) is 46.3 Å². The average molecular weight is 248 g/mol. The fourth-order valence-corrected chi connectivity index (χ4v) is 3.90. The van der Waals surface area contributed by atoms with E-state index < -0.39 is 0 Å². The maximum Gasteiger partial charge on any atom is 0.229 e. The Labute approximate surface area is 107 Å². The van der Waals surface area contributed by atoms with Crippen LogP contribution in [0.4, 0.5) is 0 Å². The van der Waals surface area contributed by atoms with Gasteiger partial charge in [-0.25, -0.2) is 0 Å². The maximum absolute atomic E-state index is 12.7. The molecule has 0 saturated carbocycles. The van der Waals surface area contributed by atoms with Crippen molar-refractivity contribution >= 4 is 5.91 Å². The van der Waals surface area contributed by atoms with Gasteiger partial charge < -0.3 is 9.42 Å². The largest absolute Gasteiger partial charge is 0.361 e. The minimum Gasteiger partial charge on any atom is -0.361 e. The quantitative estimate of drug-likeness (QED) is 0.765. The first-order valence-corrected chi connectivity index (χ1v) is 6.80. The minimum atomic E-state index is -0.272. The van der Waals surface area contributed by atoms with Crippen LogP contribution in [0.3, 0.4) is 0 Å². The second-order valence-corrected chi connectivity index (χ2v) is 5.88. The van der Waals surface area contributed by atoms with E-state index in [9.17, 15) is 4.79 Å². The van der Waals surface area contributed by atoms with Crippen molar-refractivity contribution in [2.24, 2.45) is 11.3 Å². The summed E-state index contributed by atoms with van der Waals surface area (Å²) in [5.74, 6) is 1.98. The van der Waals surface area contributed by atoms with Crippen molar-refractivity contribution in [3.63, 3.8) is 0 Å². The lowest BCUT2D eigenvalue weighted by molar-refractivity contribution is -0.151. The third-order valence-corrected chi connectivity index (χ3v) is 4.94. The van der Waals surface area contributed by atoms with Crippen LogP contribution < -0.4 is 0 Å². The average Bonchev–Trinajstić information content (AvgIpc) is 2.80. The van der Waals surface area contributed by atoms with Crippen molar-refractivity contribution in [2.75, 3.05) is 13.1 Å². The van der Waals surface area contributed by atoms with Crippen LogP contribution in [0, 0.1) is 11.3 Å². The molecule has 18 heavy (non-hydrogen) atoms. The number of amides is 1. The van der Waals surface area contributed by atoms with E-state index in [-0.39, 0.29) is 5.41 Å². The number of carbonyl (C=O) groups is 1. The molecule has 1 aromatic heterocycles. The highest BCUT2D eigenvalue weighted by Crippen LogP contribution is 2.51. The Morgan fingerprint density at radius 2 is 2.39 bits per heavy atom. The van der Waals surface area contributed by atoms with Gasteiger partial charge in [-0.1, -0.05) is 19.0 Å². The highest BCUT2D eigenvalue weighted by atomic mass is 16.5. The zero-order valence-electron chi connectivity index (χ0n) is 11.3. The number of likely N-dealkylation sites (tertiary alicyclic amines) is 1. The van der Waals surface area contributed by atoms with Gasteiger partial charge in [-0.2, -0.15) is 0 Å². The monoisotopic (exact) mass is 248 g/mol. The van der Waals surface area contributed by atoms with Gasteiger partial charge in [-0.3, -0.25) is 4.79 Å². The fourth-order valence-electron chi connectivity index (χ4n) is 3.90. The van der Waals surface area contributed by atoms with Crippen LogP contribution in [0.2, 0.25) is 0 Å². The van der Waals surface area contributed by atoms with Crippen molar-refractivity contribution in [2.45, 2.75) is 39.5 Å². The number of piperidine rings is 1. The van der Waals surface area contributed by atoms with Gasteiger partial charge in [0.15, 0.2) is 0 Å². The number of rotatable bonds is 1. The number of hydrogen-bond donors (Lipinski definition) is 0. The molecule has 0 bridgehead atoms. The van der Waals surface area contributed by atoms with E-state index in [0.29, 0.717) is 17.7 Å². The zero-order valence-corrected chi connectivity index (χ0v) is 11.3. The second kappa shape index (κ2) is 3.84. The van der Waals surface area contributed by atoms with Gasteiger partial charge in [0.05, 0.1) is 11.6 Å². The molecular weight excluding hydrogens is 228 g/mol. The number of fused-ring (bicyclic) bond motifs is 2. The highest BCUT2D eigenvalue weighted by Gasteiger charge is 2.53. The third kappa shape index (κ3) is 1.38. The lowest BCUT2D eigenvalue weighted by atomic mass is 9.59. The smallest absolute Gasteiger partial charge is 0.229 e. The number of aromatic nitrogens is 1.